The normalized spacial score (nSPS) is 14.1. The monoisotopic (exact) mass is 179 g/mol. The van der Waals surface area contributed by atoms with Crippen LogP contribution in [0.1, 0.15) is 25.0 Å². The number of fused-ring (bicyclic) bond motifs is 1. The SMILES string of the molecule is CC.C[n+]1ccc2c(c1)CCNC2. The van der Waals surface area contributed by atoms with Crippen molar-refractivity contribution in [3.05, 3.63) is 29.6 Å². The molecular formula is C11H19N2+. The molecule has 0 radical (unpaired) electrons. The highest BCUT2D eigenvalue weighted by Gasteiger charge is 2.10. The van der Waals surface area contributed by atoms with Crippen LogP contribution in [0, 0.1) is 0 Å². The zero-order valence-corrected chi connectivity index (χ0v) is 8.80. The molecule has 1 aromatic heterocycles. The van der Waals surface area contributed by atoms with Crippen molar-refractivity contribution in [2.45, 2.75) is 26.8 Å². The number of pyridine rings is 1. The summed E-state index contributed by atoms with van der Waals surface area (Å²) in [7, 11) is 2.07. The van der Waals surface area contributed by atoms with Gasteiger partial charge < -0.3 is 5.32 Å². The molecule has 1 aliphatic rings. The Balaban J connectivity index is 0.000000396. The van der Waals surface area contributed by atoms with Gasteiger partial charge >= 0.3 is 0 Å². The van der Waals surface area contributed by atoms with Crippen molar-refractivity contribution in [3.8, 4) is 0 Å². The lowest BCUT2D eigenvalue weighted by Gasteiger charge is -2.14. The lowest BCUT2D eigenvalue weighted by molar-refractivity contribution is -0.672. The van der Waals surface area contributed by atoms with Gasteiger partial charge in [-0.25, -0.2) is 4.57 Å². The van der Waals surface area contributed by atoms with Crippen molar-refractivity contribution in [3.63, 3.8) is 0 Å². The summed E-state index contributed by atoms with van der Waals surface area (Å²) in [4.78, 5) is 0. The molecule has 0 aromatic carbocycles. The van der Waals surface area contributed by atoms with Gasteiger partial charge in [0.25, 0.3) is 0 Å². The average Bonchev–Trinajstić information content (AvgIpc) is 2.21. The number of nitrogens with one attached hydrogen (secondary N) is 1. The predicted molar refractivity (Wildman–Crippen MR) is 54.4 cm³/mol. The fourth-order valence-electron chi connectivity index (χ4n) is 1.53. The van der Waals surface area contributed by atoms with Crippen molar-refractivity contribution in [2.24, 2.45) is 7.05 Å². The van der Waals surface area contributed by atoms with Crippen molar-refractivity contribution in [1.29, 1.82) is 0 Å². The topological polar surface area (TPSA) is 15.9 Å². The van der Waals surface area contributed by atoms with Crippen LogP contribution in [0.3, 0.4) is 0 Å². The highest BCUT2D eigenvalue weighted by Crippen LogP contribution is 2.09. The lowest BCUT2D eigenvalue weighted by Crippen LogP contribution is -2.32. The molecule has 0 bridgehead atoms. The second-order valence-electron chi connectivity index (χ2n) is 3.09. The fourth-order valence-corrected chi connectivity index (χ4v) is 1.53. The minimum absolute atomic E-state index is 1.04. The van der Waals surface area contributed by atoms with E-state index >= 15 is 0 Å². The molecule has 2 nitrogen and oxygen atoms in total. The van der Waals surface area contributed by atoms with E-state index in [0.717, 1.165) is 13.1 Å². The zero-order chi connectivity index (χ0) is 9.68. The summed E-state index contributed by atoms with van der Waals surface area (Å²) in [6.45, 7) is 6.16. The molecule has 2 heteroatoms. The molecule has 0 unspecified atom stereocenters. The van der Waals surface area contributed by atoms with E-state index < -0.39 is 0 Å². The van der Waals surface area contributed by atoms with Gasteiger partial charge in [0, 0.05) is 18.2 Å². The summed E-state index contributed by atoms with van der Waals surface area (Å²) >= 11 is 0. The summed E-state index contributed by atoms with van der Waals surface area (Å²) < 4.78 is 2.12. The first-order chi connectivity index (χ1) is 6.36. The minimum Gasteiger partial charge on any atom is -0.312 e. The number of aryl methyl sites for hydroxylation is 1. The van der Waals surface area contributed by atoms with E-state index in [1.807, 2.05) is 13.8 Å². The van der Waals surface area contributed by atoms with Crippen molar-refractivity contribution >= 4 is 0 Å². The van der Waals surface area contributed by atoms with Gasteiger partial charge in [-0.2, -0.15) is 0 Å². The van der Waals surface area contributed by atoms with Crippen LogP contribution in [0.25, 0.3) is 0 Å². The van der Waals surface area contributed by atoms with Gasteiger partial charge in [0.15, 0.2) is 12.4 Å². The Morgan fingerprint density at radius 2 is 2.08 bits per heavy atom. The van der Waals surface area contributed by atoms with Crippen molar-refractivity contribution in [1.82, 2.24) is 5.32 Å². The van der Waals surface area contributed by atoms with Crippen LogP contribution in [-0.2, 0) is 20.0 Å². The van der Waals surface area contributed by atoms with Crippen LogP contribution in [0.2, 0.25) is 0 Å². The van der Waals surface area contributed by atoms with Crippen molar-refractivity contribution < 1.29 is 4.57 Å². The molecule has 1 aliphatic heterocycles. The number of nitrogens with zero attached hydrogens (tertiary/aromatic N) is 1. The Labute approximate surface area is 80.6 Å². The highest BCUT2D eigenvalue weighted by atomic mass is 14.9. The van der Waals surface area contributed by atoms with Gasteiger partial charge in [-0.15, -0.1) is 0 Å². The average molecular weight is 179 g/mol. The van der Waals surface area contributed by atoms with Crippen LogP contribution in [0.5, 0.6) is 0 Å². The first kappa shape index (κ1) is 10.2. The summed E-state index contributed by atoms with van der Waals surface area (Å²) in [6.07, 6.45) is 5.49. The molecular weight excluding hydrogens is 160 g/mol. The Morgan fingerprint density at radius 1 is 1.31 bits per heavy atom. The summed E-state index contributed by atoms with van der Waals surface area (Å²) in [6, 6.07) is 2.20. The molecule has 1 aromatic rings. The van der Waals surface area contributed by atoms with E-state index in [9.17, 15) is 0 Å². The number of hydrogen-bond donors (Lipinski definition) is 1. The van der Waals surface area contributed by atoms with E-state index in [1.165, 1.54) is 17.5 Å². The maximum absolute atomic E-state index is 3.35. The fraction of sp³-hybridized carbons (Fsp3) is 0.545. The van der Waals surface area contributed by atoms with E-state index in [4.69, 9.17) is 0 Å². The van der Waals surface area contributed by atoms with Crippen LogP contribution in [0.4, 0.5) is 0 Å². The highest BCUT2D eigenvalue weighted by molar-refractivity contribution is 5.23. The Morgan fingerprint density at radius 3 is 2.85 bits per heavy atom. The quantitative estimate of drug-likeness (QED) is 0.591. The number of aromatic nitrogens is 1. The van der Waals surface area contributed by atoms with Gasteiger partial charge in [-0.05, 0) is 18.5 Å². The summed E-state index contributed by atoms with van der Waals surface area (Å²) in [5.74, 6) is 0. The maximum Gasteiger partial charge on any atom is 0.172 e. The van der Waals surface area contributed by atoms with Crippen LogP contribution < -0.4 is 9.88 Å². The van der Waals surface area contributed by atoms with Gasteiger partial charge in [-0.3, -0.25) is 0 Å². The molecule has 72 valence electrons. The van der Waals surface area contributed by atoms with Crippen LogP contribution in [-0.4, -0.2) is 6.54 Å². The first-order valence-corrected chi connectivity index (χ1v) is 5.04. The van der Waals surface area contributed by atoms with E-state index in [1.54, 1.807) is 0 Å². The number of hydrogen-bond acceptors (Lipinski definition) is 1. The third-order valence-corrected chi connectivity index (χ3v) is 2.17. The number of rotatable bonds is 0. The maximum atomic E-state index is 3.35. The third-order valence-electron chi connectivity index (χ3n) is 2.17. The Hall–Kier alpha value is -0.890. The van der Waals surface area contributed by atoms with Crippen molar-refractivity contribution in [2.75, 3.05) is 6.54 Å². The van der Waals surface area contributed by atoms with Gasteiger partial charge in [-0.1, -0.05) is 13.8 Å². The minimum atomic E-state index is 1.04. The van der Waals surface area contributed by atoms with Gasteiger partial charge in [0.05, 0.1) is 0 Å². The molecule has 1 N–H and O–H groups in total. The second-order valence-corrected chi connectivity index (χ2v) is 3.09. The van der Waals surface area contributed by atoms with Gasteiger partial charge in [0.2, 0.25) is 0 Å². The van der Waals surface area contributed by atoms with E-state index in [-0.39, 0.29) is 0 Å². The second kappa shape index (κ2) is 4.97. The molecule has 0 saturated heterocycles. The summed E-state index contributed by atoms with van der Waals surface area (Å²) in [5, 5.41) is 3.35. The molecule has 0 amide bonds. The standard InChI is InChI=1S/C9H13N2.C2H6/c1-11-5-3-8-6-10-4-2-9(8)7-11;1-2/h3,5,7,10H,2,4,6H2,1H3;1-2H3/q+1;. The first-order valence-electron chi connectivity index (χ1n) is 5.04. The largest absolute Gasteiger partial charge is 0.312 e. The molecule has 13 heavy (non-hydrogen) atoms. The van der Waals surface area contributed by atoms with Crippen LogP contribution >= 0.6 is 0 Å². The molecule has 0 fully saturated rings. The summed E-state index contributed by atoms with van der Waals surface area (Å²) in [5.41, 5.74) is 2.95. The molecule has 2 rings (SSSR count). The molecule has 2 heterocycles. The Bertz CT molecular complexity index is 269. The predicted octanol–water partition coefficient (Wildman–Crippen LogP) is 1.18. The third kappa shape index (κ3) is 2.52. The Kier molecular flexibility index (Phi) is 3.90. The smallest absolute Gasteiger partial charge is 0.172 e. The van der Waals surface area contributed by atoms with E-state index in [0.29, 0.717) is 0 Å². The lowest BCUT2D eigenvalue weighted by atomic mass is 10.0. The van der Waals surface area contributed by atoms with E-state index in [2.05, 4.69) is 35.4 Å². The zero-order valence-electron chi connectivity index (χ0n) is 8.80. The van der Waals surface area contributed by atoms with Gasteiger partial charge in [0.1, 0.15) is 7.05 Å². The molecule has 0 saturated carbocycles. The molecule has 0 atom stereocenters. The molecule has 0 aliphatic carbocycles. The molecule has 0 spiro atoms. The van der Waals surface area contributed by atoms with Crippen LogP contribution in [0.15, 0.2) is 18.5 Å².